The average molecular weight is 314 g/mol. The van der Waals surface area contributed by atoms with Crippen molar-refractivity contribution in [1.82, 2.24) is 19.4 Å². The van der Waals surface area contributed by atoms with Gasteiger partial charge in [0.05, 0.1) is 12.7 Å². The Labute approximate surface area is 135 Å². The first-order chi connectivity index (χ1) is 11.3. The van der Waals surface area contributed by atoms with Crippen molar-refractivity contribution in [2.45, 2.75) is 31.0 Å². The monoisotopic (exact) mass is 314 g/mol. The lowest BCUT2D eigenvalue weighted by atomic mass is 10.1. The first-order valence-electron chi connectivity index (χ1n) is 8.25. The minimum Gasteiger partial charge on any atom is -0.396 e. The van der Waals surface area contributed by atoms with E-state index >= 15 is 0 Å². The van der Waals surface area contributed by atoms with Crippen LogP contribution in [0.2, 0.25) is 0 Å². The lowest BCUT2D eigenvalue weighted by molar-refractivity contribution is -0.0567. The van der Waals surface area contributed by atoms with Crippen LogP contribution in [-0.4, -0.2) is 63.0 Å². The van der Waals surface area contributed by atoms with Crippen LogP contribution < -0.4 is 0 Å². The molecule has 2 aromatic rings. The molecule has 3 atom stereocenters. The first kappa shape index (κ1) is 14.8. The van der Waals surface area contributed by atoms with Gasteiger partial charge in [0.2, 0.25) is 0 Å². The zero-order chi connectivity index (χ0) is 15.6. The number of pyridine rings is 1. The van der Waals surface area contributed by atoms with E-state index in [1.807, 2.05) is 18.5 Å². The molecule has 1 N–H and O–H groups in total. The Kier molecular flexibility index (Phi) is 4.11. The van der Waals surface area contributed by atoms with Gasteiger partial charge in [-0.05, 0) is 25.0 Å². The number of aliphatic hydroxyl groups excluding tert-OH is 1. The van der Waals surface area contributed by atoms with Gasteiger partial charge in [-0.3, -0.25) is 9.88 Å². The van der Waals surface area contributed by atoms with E-state index in [4.69, 9.17) is 9.84 Å². The molecule has 2 aliphatic rings. The summed E-state index contributed by atoms with van der Waals surface area (Å²) in [6.45, 7) is 2.88. The van der Waals surface area contributed by atoms with Crippen LogP contribution >= 0.6 is 0 Å². The third kappa shape index (κ3) is 2.89. The van der Waals surface area contributed by atoms with Crippen LogP contribution in [0.4, 0.5) is 0 Å². The van der Waals surface area contributed by atoms with Crippen LogP contribution in [0, 0.1) is 0 Å². The molecule has 0 amide bonds. The van der Waals surface area contributed by atoms with Gasteiger partial charge in [-0.15, -0.1) is 0 Å². The van der Waals surface area contributed by atoms with Gasteiger partial charge in [0.1, 0.15) is 5.82 Å². The smallest absolute Gasteiger partial charge is 0.141 e. The molecule has 0 spiro atoms. The second-order valence-electron chi connectivity index (χ2n) is 6.36. The van der Waals surface area contributed by atoms with E-state index in [2.05, 4.69) is 31.7 Å². The fourth-order valence-electron chi connectivity index (χ4n) is 3.76. The van der Waals surface area contributed by atoms with Gasteiger partial charge in [-0.2, -0.15) is 0 Å². The number of hydrogen-bond acceptors (Lipinski definition) is 5. The molecule has 4 rings (SSSR count). The number of fused-ring (bicyclic) bond motifs is 1. The molecule has 0 bridgehead atoms. The van der Waals surface area contributed by atoms with E-state index in [1.54, 1.807) is 6.20 Å². The number of aromatic nitrogens is 3. The van der Waals surface area contributed by atoms with Crippen molar-refractivity contribution in [3.05, 3.63) is 36.9 Å². The van der Waals surface area contributed by atoms with Gasteiger partial charge < -0.3 is 14.4 Å². The van der Waals surface area contributed by atoms with Crippen molar-refractivity contribution in [1.29, 1.82) is 0 Å². The van der Waals surface area contributed by atoms with Crippen LogP contribution in [0.1, 0.15) is 18.9 Å². The highest BCUT2D eigenvalue weighted by molar-refractivity contribution is 5.53. The molecule has 2 fully saturated rings. The molecule has 122 valence electrons. The number of imidazole rings is 1. The van der Waals surface area contributed by atoms with Gasteiger partial charge >= 0.3 is 0 Å². The fourth-order valence-corrected chi connectivity index (χ4v) is 3.76. The molecule has 23 heavy (non-hydrogen) atoms. The Hall–Kier alpha value is -1.76. The van der Waals surface area contributed by atoms with Gasteiger partial charge in [-0.1, -0.05) is 0 Å². The Morgan fingerprint density at radius 2 is 2.22 bits per heavy atom. The Bertz CT molecular complexity index is 645. The van der Waals surface area contributed by atoms with Crippen molar-refractivity contribution in [3.63, 3.8) is 0 Å². The topological polar surface area (TPSA) is 63.4 Å². The molecule has 2 aliphatic heterocycles. The van der Waals surface area contributed by atoms with Crippen LogP contribution in [0.25, 0.3) is 11.4 Å². The second-order valence-corrected chi connectivity index (χ2v) is 6.36. The van der Waals surface area contributed by atoms with Gasteiger partial charge in [-0.25, -0.2) is 4.98 Å². The zero-order valence-corrected chi connectivity index (χ0v) is 13.1. The predicted octanol–water partition coefficient (Wildman–Crippen LogP) is 1.34. The molecule has 2 aromatic heterocycles. The first-order valence-corrected chi connectivity index (χ1v) is 8.25. The van der Waals surface area contributed by atoms with Gasteiger partial charge in [0.15, 0.2) is 0 Å². The molecule has 0 saturated carbocycles. The Morgan fingerprint density at radius 1 is 1.26 bits per heavy atom. The van der Waals surface area contributed by atoms with Crippen molar-refractivity contribution in [2.24, 2.45) is 0 Å². The number of hydrogen-bond donors (Lipinski definition) is 1. The molecule has 6 nitrogen and oxygen atoms in total. The van der Waals surface area contributed by atoms with E-state index in [1.165, 1.54) is 0 Å². The van der Waals surface area contributed by atoms with Crippen LogP contribution in [0.15, 0.2) is 36.9 Å². The standard InChI is InChI=1S/C17H22N4O2/c22-7-3-16-11-20-10-14(8-15(20)12-23-16)21-6-5-19-17(21)13-2-1-4-18-9-13/h1-2,4-6,9,14-16,22H,3,7-8,10-12H2/t14-,15-,16-/m0/s1. The van der Waals surface area contributed by atoms with E-state index < -0.39 is 0 Å². The fraction of sp³-hybridized carbons (Fsp3) is 0.529. The van der Waals surface area contributed by atoms with E-state index in [-0.39, 0.29) is 12.7 Å². The Balaban J connectivity index is 1.52. The molecule has 0 unspecified atom stereocenters. The van der Waals surface area contributed by atoms with Crippen molar-refractivity contribution in [3.8, 4) is 11.4 Å². The molecule has 6 heteroatoms. The maximum Gasteiger partial charge on any atom is 0.141 e. The highest BCUT2D eigenvalue weighted by Crippen LogP contribution is 2.33. The van der Waals surface area contributed by atoms with Gasteiger partial charge in [0, 0.05) is 62.1 Å². The minimum absolute atomic E-state index is 0.163. The van der Waals surface area contributed by atoms with Crippen molar-refractivity contribution >= 4 is 0 Å². The summed E-state index contributed by atoms with van der Waals surface area (Å²) in [6, 6.07) is 4.88. The summed E-state index contributed by atoms with van der Waals surface area (Å²) in [4.78, 5) is 11.2. The highest BCUT2D eigenvalue weighted by atomic mass is 16.5. The number of aliphatic hydroxyl groups is 1. The summed E-state index contributed by atoms with van der Waals surface area (Å²) in [5.41, 5.74) is 1.05. The highest BCUT2D eigenvalue weighted by Gasteiger charge is 2.38. The summed E-state index contributed by atoms with van der Waals surface area (Å²) in [5.74, 6) is 0.982. The molecule has 2 saturated heterocycles. The molecule has 0 radical (unpaired) electrons. The Morgan fingerprint density at radius 3 is 3.04 bits per heavy atom. The molecular weight excluding hydrogens is 292 g/mol. The van der Waals surface area contributed by atoms with E-state index in [0.29, 0.717) is 12.1 Å². The average Bonchev–Trinajstić information content (AvgIpc) is 3.22. The van der Waals surface area contributed by atoms with Gasteiger partial charge in [0.25, 0.3) is 0 Å². The normalized spacial score (nSPS) is 28.0. The number of ether oxygens (including phenoxy) is 1. The SMILES string of the molecule is OCC[C@H]1CN2C[C@@H](n3ccnc3-c3cccnc3)C[C@H]2CO1. The second kappa shape index (κ2) is 6.39. The third-order valence-electron chi connectivity index (χ3n) is 4.90. The number of rotatable bonds is 4. The largest absolute Gasteiger partial charge is 0.396 e. The summed E-state index contributed by atoms with van der Waals surface area (Å²) in [6.07, 6.45) is 9.54. The lowest BCUT2D eigenvalue weighted by Crippen LogP contribution is -2.46. The zero-order valence-electron chi connectivity index (χ0n) is 13.1. The molecular formula is C17H22N4O2. The van der Waals surface area contributed by atoms with Crippen molar-refractivity contribution in [2.75, 3.05) is 26.3 Å². The maximum absolute atomic E-state index is 9.11. The van der Waals surface area contributed by atoms with Crippen LogP contribution in [-0.2, 0) is 4.74 Å². The summed E-state index contributed by atoms with van der Waals surface area (Å²) in [5, 5.41) is 9.11. The van der Waals surface area contributed by atoms with E-state index in [9.17, 15) is 0 Å². The maximum atomic E-state index is 9.11. The molecule has 4 heterocycles. The predicted molar refractivity (Wildman–Crippen MR) is 85.9 cm³/mol. The van der Waals surface area contributed by atoms with E-state index in [0.717, 1.165) is 43.9 Å². The number of morpholine rings is 1. The summed E-state index contributed by atoms with van der Waals surface area (Å²) in [7, 11) is 0. The number of nitrogens with zero attached hydrogens (tertiary/aromatic N) is 4. The summed E-state index contributed by atoms with van der Waals surface area (Å²) < 4.78 is 8.15. The minimum atomic E-state index is 0.163. The lowest BCUT2D eigenvalue weighted by Gasteiger charge is -2.34. The van der Waals surface area contributed by atoms with Crippen LogP contribution in [0.3, 0.4) is 0 Å². The third-order valence-corrected chi connectivity index (χ3v) is 4.90. The quantitative estimate of drug-likeness (QED) is 0.923. The molecule has 0 aromatic carbocycles. The van der Waals surface area contributed by atoms with Crippen molar-refractivity contribution < 1.29 is 9.84 Å². The van der Waals surface area contributed by atoms with Crippen LogP contribution in [0.5, 0.6) is 0 Å². The summed E-state index contributed by atoms with van der Waals surface area (Å²) >= 11 is 0. The molecule has 0 aliphatic carbocycles.